The Morgan fingerprint density at radius 1 is 0.765 bits per heavy atom. The number of amidine groups is 2. The van der Waals surface area contributed by atoms with Crippen molar-refractivity contribution in [3.8, 4) is 6.07 Å². The number of urea groups is 2. The van der Waals surface area contributed by atoms with Crippen LogP contribution in [0.4, 0.5) is 9.59 Å². The van der Waals surface area contributed by atoms with Crippen molar-refractivity contribution >= 4 is 23.7 Å². The van der Waals surface area contributed by atoms with E-state index in [1.165, 1.54) is 36.3 Å². The van der Waals surface area contributed by atoms with E-state index in [9.17, 15) is 14.9 Å². The van der Waals surface area contributed by atoms with Gasteiger partial charge >= 0.3 is 12.1 Å². The number of rotatable bonds is 4. The van der Waals surface area contributed by atoms with Gasteiger partial charge in [-0.05, 0) is 0 Å². The maximum atomic E-state index is 12.7. The summed E-state index contributed by atoms with van der Waals surface area (Å²) in [5.74, 6) is 0.804. The summed E-state index contributed by atoms with van der Waals surface area (Å²) in [4.78, 5) is 25.4. The molecule has 2 heterocycles. The molecule has 0 radical (unpaired) electrons. The van der Waals surface area contributed by atoms with E-state index in [-0.39, 0.29) is 5.70 Å². The van der Waals surface area contributed by atoms with Crippen LogP contribution < -0.4 is 0 Å². The molecule has 0 spiro atoms. The molecular weight excluding hydrogens is 434 g/mol. The summed E-state index contributed by atoms with van der Waals surface area (Å²) >= 11 is 0. The van der Waals surface area contributed by atoms with E-state index < -0.39 is 12.1 Å². The molecule has 0 unspecified atom stereocenters. The first-order chi connectivity index (χ1) is 16.3. The lowest BCUT2D eigenvalue weighted by Gasteiger charge is -2.41. The molecule has 0 fully saturated rings. The SMILES string of the molecule is CN1N=C(c2ccccc2)N(/C=C(\C#N)N2C(c3ccccc3)=NN(C)C(=O)N2C)N(C)C1=O. The summed E-state index contributed by atoms with van der Waals surface area (Å²) < 4.78 is 0. The van der Waals surface area contributed by atoms with E-state index >= 15 is 0 Å². The Kier molecular flexibility index (Phi) is 5.88. The number of hydrogen-bond donors (Lipinski definition) is 0. The summed E-state index contributed by atoms with van der Waals surface area (Å²) in [7, 11) is 6.22. The van der Waals surface area contributed by atoms with Crippen LogP contribution in [0.15, 0.2) is 82.8 Å². The first-order valence-corrected chi connectivity index (χ1v) is 10.4. The molecule has 0 aromatic heterocycles. The number of hydrazine groups is 2. The van der Waals surface area contributed by atoms with Gasteiger partial charge in [0.2, 0.25) is 0 Å². The number of nitriles is 1. The van der Waals surface area contributed by atoms with E-state index in [1.54, 1.807) is 28.2 Å². The van der Waals surface area contributed by atoms with E-state index in [1.807, 2.05) is 60.7 Å². The molecule has 0 aliphatic carbocycles. The Hall–Kier alpha value is -4.85. The number of benzene rings is 2. The number of amides is 4. The van der Waals surface area contributed by atoms with Gasteiger partial charge in [0.15, 0.2) is 17.4 Å². The van der Waals surface area contributed by atoms with Crippen molar-refractivity contribution in [1.29, 1.82) is 5.26 Å². The molecule has 172 valence electrons. The summed E-state index contributed by atoms with van der Waals surface area (Å²) in [5.41, 5.74) is 1.50. The van der Waals surface area contributed by atoms with Gasteiger partial charge in [0.1, 0.15) is 6.07 Å². The summed E-state index contributed by atoms with van der Waals surface area (Å²) in [6.45, 7) is 0. The Morgan fingerprint density at radius 2 is 1.24 bits per heavy atom. The van der Waals surface area contributed by atoms with Crippen LogP contribution in [0.3, 0.4) is 0 Å². The monoisotopic (exact) mass is 457 g/mol. The fourth-order valence-corrected chi connectivity index (χ4v) is 3.55. The van der Waals surface area contributed by atoms with Crippen molar-refractivity contribution < 1.29 is 9.59 Å². The Morgan fingerprint density at radius 3 is 1.76 bits per heavy atom. The fourth-order valence-electron chi connectivity index (χ4n) is 3.55. The number of carbonyl (C=O) groups is 2. The molecule has 0 N–H and O–H groups in total. The van der Waals surface area contributed by atoms with Crippen LogP contribution in [-0.2, 0) is 0 Å². The smallest absolute Gasteiger partial charge is 0.244 e. The Bertz CT molecular complexity index is 1230. The third-order valence-corrected chi connectivity index (χ3v) is 5.29. The molecular formula is C23H23N9O2. The van der Waals surface area contributed by atoms with Crippen molar-refractivity contribution in [1.82, 2.24) is 30.1 Å². The first kappa shape index (κ1) is 22.3. The van der Waals surface area contributed by atoms with Crippen LogP contribution in [0.25, 0.3) is 0 Å². The Balaban J connectivity index is 1.85. The fraction of sp³-hybridized carbons (Fsp3) is 0.174. The maximum absolute atomic E-state index is 12.7. The minimum absolute atomic E-state index is 0.0550. The van der Waals surface area contributed by atoms with Gasteiger partial charge in [0, 0.05) is 39.3 Å². The molecule has 0 saturated carbocycles. The third kappa shape index (κ3) is 3.88. The van der Waals surface area contributed by atoms with Crippen molar-refractivity contribution in [3.05, 3.63) is 83.7 Å². The summed E-state index contributed by atoms with van der Waals surface area (Å²) in [6.07, 6.45) is 1.46. The lowest BCUT2D eigenvalue weighted by atomic mass is 10.2. The van der Waals surface area contributed by atoms with Gasteiger partial charge in [0.25, 0.3) is 0 Å². The van der Waals surface area contributed by atoms with E-state index in [0.717, 1.165) is 5.56 Å². The highest BCUT2D eigenvalue weighted by molar-refractivity contribution is 6.04. The van der Waals surface area contributed by atoms with Crippen molar-refractivity contribution in [2.75, 3.05) is 28.2 Å². The number of allylic oxidation sites excluding steroid dienone is 1. The second-order valence-corrected chi connectivity index (χ2v) is 7.52. The predicted octanol–water partition coefficient (Wildman–Crippen LogP) is 2.50. The van der Waals surface area contributed by atoms with Crippen LogP contribution in [0, 0.1) is 11.3 Å². The first-order valence-electron chi connectivity index (χ1n) is 10.4. The lowest BCUT2D eigenvalue weighted by Crippen LogP contribution is -2.56. The van der Waals surface area contributed by atoms with E-state index in [0.29, 0.717) is 17.2 Å². The molecule has 4 rings (SSSR count). The molecule has 2 aliphatic heterocycles. The highest BCUT2D eigenvalue weighted by atomic mass is 16.2. The molecule has 0 bridgehead atoms. The van der Waals surface area contributed by atoms with Gasteiger partial charge in [-0.3, -0.25) is 0 Å². The number of carbonyl (C=O) groups excluding carboxylic acids is 2. The second kappa shape index (κ2) is 8.95. The van der Waals surface area contributed by atoms with Crippen LogP contribution in [0.2, 0.25) is 0 Å². The average molecular weight is 457 g/mol. The van der Waals surface area contributed by atoms with E-state index in [4.69, 9.17) is 0 Å². The predicted molar refractivity (Wildman–Crippen MR) is 125 cm³/mol. The summed E-state index contributed by atoms with van der Waals surface area (Å²) in [6, 6.07) is 19.8. The molecule has 2 aromatic rings. The maximum Gasteiger partial charge on any atom is 0.359 e. The van der Waals surface area contributed by atoms with Crippen molar-refractivity contribution in [3.63, 3.8) is 0 Å². The lowest BCUT2D eigenvalue weighted by molar-refractivity contribution is 0.0806. The number of hydrazone groups is 2. The third-order valence-electron chi connectivity index (χ3n) is 5.29. The quantitative estimate of drug-likeness (QED) is 0.657. The normalized spacial score (nSPS) is 17.1. The van der Waals surface area contributed by atoms with Gasteiger partial charge in [-0.25, -0.2) is 39.6 Å². The highest BCUT2D eigenvalue weighted by Crippen LogP contribution is 2.23. The van der Waals surface area contributed by atoms with Crippen LogP contribution in [-0.4, -0.2) is 82.0 Å². The number of hydrogen-bond acceptors (Lipinski definition) is 7. The van der Waals surface area contributed by atoms with E-state index in [2.05, 4.69) is 16.3 Å². The zero-order chi connectivity index (χ0) is 24.4. The molecule has 4 amide bonds. The van der Waals surface area contributed by atoms with Crippen LogP contribution in [0.5, 0.6) is 0 Å². The largest absolute Gasteiger partial charge is 0.359 e. The minimum Gasteiger partial charge on any atom is -0.244 e. The molecule has 2 aliphatic rings. The van der Waals surface area contributed by atoms with Gasteiger partial charge in [0.05, 0.1) is 6.20 Å². The standard InChI is InChI=1S/C23H23N9O2/c1-27-22(33)29(3)31(20(25-27)17-11-7-5-8-12-17)16-19(15-24)32-21(18-13-9-6-10-14-18)26-28(2)23(34)30(32)4/h5-14,16H,1-4H3/b19-16+. The Labute approximate surface area is 197 Å². The highest BCUT2D eigenvalue weighted by Gasteiger charge is 2.36. The van der Waals surface area contributed by atoms with Crippen LogP contribution >= 0.6 is 0 Å². The second-order valence-electron chi connectivity index (χ2n) is 7.52. The van der Waals surface area contributed by atoms with Crippen molar-refractivity contribution in [2.24, 2.45) is 10.2 Å². The topological polar surface area (TPSA) is 102 Å². The number of nitrogens with zero attached hydrogens (tertiary/aromatic N) is 9. The molecule has 34 heavy (non-hydrogen) atoms. The van der Waals surface area contributed by atoms with Gasteiger partial charge < -0.3 is 0 Å². The van der Waals surface area contributed by atoms with Gasteiger partial charge in [-0.1, -0.05) is 60.7 Å². The minimum atomic E-state index is -0.430. The average Bonchev–Trinajstić information content (AvgIpc) is 2.86. The molecule has 2 aromatic carbocycles. The molecule has 11 heteroatoms. The van der Waals surface area contributed by atoms with Crippen molar-refractivity contribution in [2.45, 2.75) is 0 Å². The summed E-state index contributed by atoms with van der Waals surface area (Å²) in [5, 5.41) is 26.9. The zero-order valence-electron chi connectivity index (χ0n) is 19.2. The molecule has 0 saturated heterocycles. The molecule has 0 atom stereocenters. The van der Waals surface area contributed by atoms with Gasteiger partial charge in [-0.2, -0.15) is 5.26 Å². The van der Waals surface area contributed by atoms with Gasteiger partial charge in [-0.15, -0.1) is 10.2 Å². The molecule has 11 nitrogen and oxygen atoms in total. The van der Waals surface area contributed by atoms with Crippen LogP contribution in [0.1, 0.15) is 11.1 Å². The zero-order valence-corrected chi connectivity index (χ0v) is 19.2.